The lowest BCUT2D eigenvalue weighted by Gasteiger charge is -2.07. The Labute approximate surface area is 132 Å². The van der Waals surface area contributed by atoms with Crippen molar-refractivity contribution in [3.8, 4) is 5.75 Å². The number of ether oxygens (including phenoxy) is 1. The van der Waals surface area contributed by atoms with Crippen molar-refractivity contribution in [2.75, 3.05) is 12.5 Å². The molecule has 0 bridgehead atoms. The lowest BCUT2D eigenvalue weighted by molar-refractivity contribution is 0.414. The van der Waals surface area contributed by atoms with E-state index in [0.717, 1.165) is 11.3 Å². The molecule has 6 heteroatoms. The maximum absolute atomic E-state index is 6.05. The summed E-state index contributed by atoms with van der Waals surface area (Å²) >= 11 is 17.9. The highest BCUT2D eigenvalue weighted by Crippen LogP contribution is 2.33. The summed E-state index contributed by atoms with van der Waals surface area (Å²) in [5.74, 6) is 0.728. The van der Waals surface area contributed by atoms with E-state index in [9.17, 15) is 0 Å². The molecule has 0 unspecified atom stereocenters. The Morgan fingerprint density at radius 1 is 1.10 bits per heavy atom. The average Bonchev–Trinajstić information content (AvgIpc) is 2.42. The molecular weight excluding hydrogens is 319 g/mol. The first-order valence-corrected chi connectivity index (χ1v) is 6.82. The van der Waals surface area contributed by atoms with Crippen molar-refractivity contribution in [2.45, 2.75) is 0 Å². The molecule has 0 radical (unpaired) electrons. The lowest BCUT2D eigenvalue weighted by Crippen LogP contribution is -1.95. The summed E-state index contributed by atoms with van der Waals surface area (Å²) in [7, 11) is 1.60. The first-order chi connectivity index (χ1) is 9.61. The maximum Gasteiger partial charge on any atom is 0.127 e. The molecule has 0 saturated heterocycles. The van der Waals surface area contributed by atoms with Crippen LogP contribution in [0.25, 0.3) is 0 Å². The summed E-state index contributed by atoms with van der Waals surface area (Å²) in [6.07, 6.45) is 1.63. The summed E-state index contributed by atoms with van der Waals surface area (Å²) < 4.78 is 5.22. The molecule has 0 fully saturated rings. The van der Waals surface area contributed by atoms with Crippen LogP contribution in [0.15, 0.2) is 41.5 Å². The molecule has 0 amide bonds. The summed E-state index contributed by atoms with van der Waals surface area (Å²) in [5, 5.41) is 5.38. The third-order valence-electron chi connectivity index (χ3n) is 2.53. The molecule has 2 rings (SSSR count). The zero-order valence-corrected chi connectivity index (χ0v) is 12.8. The van der Waals surface area contributed by atoms with Crippen LogP contribution in [0, 0.1) is 0 Å². The number of rotatable bonds is 4. The van der Waals surface area contributed by atoms with E-state index in [0.29, 0.717) is 20.8 Å². The molecule has 2 aromatic carbocycles. The fourth-order valence-electron chi connectivity index (χ4n) is 1.59. The number of benzene rings is 2. The highest BCUT2D eigenvalue weighted by atomic mass is 35.5. The average molecular weight is 330 g/mol. The first kappa shape index (κ1) is 15.0. The quantitative estimate of drug-likeness (QED) is 0.625. The minimum Gasteiger partial charge on any atom is -0.496 e. The second kappa shape index (κ2) is 6.84. The molecule has 0 aliphatic carbocycles. The van der Waals surface area contributed by atoms with E-state index in [1.807, 2.05) is 24.3 Å². The van der Waals surface area contributed by atoms with Crippen LogP contribution in [0.2, 0.25) is 15.1 Å². The molecule has 2 aromatic rings. The van der Waals surface area contributed by atoms with Crippen LogP contribution in [0.5, 0.6) is 5.75 Å². The Kier molecular flexibility index (Phi) is 5.12. The molecular formula is C14H11Cl3N2O. The number of nitrogens with one attached hydrogen (secondary N) is 1. The van der Waals surface area contributed by atoms with Crippen molar-refractivity contribution < 1.29 is 4.74 Å². The van der Waals surface area contributed by atoms with Gasteiger partial charge in [-0.3, -0.25) is 5.43 Å². The minimum atomic E-state index is 0.402. The number of para-hydroxylation sites is 1. The molecule has 0 saturated carbocycles. The highest BCUT2D eigenvalue weighted by molar-refractivity contribution is 6.41. The zero-order valence-electron chi connectivity index (χ0n) is 10.5. The molecule has 0 aliphatic heterocycles. The molecule has 0 atom stereocenters. The van der Waals surface area contributed by atoms with Gasteiger partial charge in [-0.2, -0.15) is 5.10 Å². The molecule has 0 spiro atoms. The van der Waals surface area contributed by atoms with Crippen molar-refractivity contribution in [2.24, 2.45) is 5.10 Å². The Bertz CT molecular complexity index is 621. The minimum absolute atomic E-state index is 0.402. The van der Waals surface area contributed by atoms with Gasteiger partial charge in [0.2, 0.25) is 0 Å². The Morgan fingerprint density at radius 2 is 1.75 bits per heavy atom. The number of methoxy groups -OCH3 is 1. The van der Waals surface area contributed by atoms with Crippen molar-refractivity contribution in [1.82, 2.24) is 0 Å². The Balaban J connectivity index is 2.18. The molecule has 3 nitrogen and oxygen atoms in total. The van der Waals surface area contributed by atoms with E-state index in [2.05, 4.69) is 10.5 Å². The van der Waals surface area contributed by atoms with E-state index >= 15 is 0 Å². The highest BCUT2D eigenvalue weighted by Gasteiger charge is 2.06. The first-order valence-electron chi connectivity index (χ1n) is 5.68. The second-order valence-corrected chi connectivity index (χ2v) is 5.11. The van der Waals surface area contributed by atoms with Gasteiger partial charge in [0.05, 0.1) is 29.1 Å². The van der Waals surface area contributed by atoms with Crippen LogP contribution in [-0.2, 0) is 0 Å². The normalized spacial score (nSPS) is 10.8. The molecule has 20 heavy (non-hydrogen) atoms. The van der Waals surface area contributed by atoms with Gasteiger partial charge in [0, 0.05) is 10.6 Å². The van der Waals surface area contributed by atoms with Crippen LogP contribution in [0.4, 0.5) is 5.69 Å². The third kappa shape index (κ3) is 3.57. The van der Waals surface area contributed by atoms with Gasteiger partial charge in [0.25, 0.3) is 0 Å². The van der Waals surface area contributed by atoms with E-state index in [-0.39, 0.29) is 0 Å². The number of hydrogen-bond donors (Lipinski definition) is 1. The largest absolute Gasteiger partial charge is 0.496 e. The van der Waals surface area contributed by atoms with Crippen molar-refractivity contribution in [3.05, 3.63) is 57.0 Å². The summed E-state index contributed by atoms with van der Waals surface area (Å²) in [6.45, 7) is 0. The topological polar surface area (TPSA) is 33.6 Å². The van der Waals surface area contributed by atoms with Gasteiger partial charge >= 0.3 is 0 Å². The number of nitrogens with zero attached hydrogens (tertiary/aromatic N) is 1. The standard InChI is InChI=1S/C14H11Cl3N2O/c1-20-13-5-3-2-4-9(13)8-18-19-14-11(16)6-10(15)7-12(14)17/h2-8,19H,1H3/b18-8+. The van der Waals surface area contributed by atoms with Gasteiger partial charge in [-0.05, 0) is 24.3 Å². The SMILES string of the molecule is COc1ccccc1/C=N/Nc1c(Cl)cc(Cl)cc1Cl. The Hall–Kier alpha value is -1.42. The van der Waals surface area contributed by atoms with E-state index in [4.69, 9.17) is 39.5 Å². The number of hydrogen-bond acceptors (Lipinski definition) is 3. The second-order valence-electron chi connectivity index (χ2n) is 3.86. The predicted molar refractivity (Wildman–Crippen MR) is 85.7 cm³/mol. The van der Waals surface area contributed by atoms with Gasteiger partial charge < -0.3 is 4.74 Å². The van der Waals surface area contributed by atoms with Crippen molar-refractivity contribution in [3.63, 3.8) is 0 Å². The fraction of sp³-hybridized carbons (Fsp3) is 0.0714. The third-order valence-corrected chi connectivity index (χ3v) is 3.34. The van der Waals surface area contributed by atoms with Gasteiger partial charge in [-0.15, -0.1) is 0 Å². The maximum atomic E-state index is 6.05. The summed E-state index contributed by atoms with van der Waals surface area (Å²) in [5.41, 5.74) is 4.14. The van der Waals surface area contributed by atoms with Crippen molar-refractivity contribution >= 4 is 46.7 Å². The van der Waals surface area contributed by atoms with Crippen LogP contribution >= 0.6 is 34.8 Å². The van der Waals surface area contributed by atoms with Crippen molar-refractivity contribution in [1.29, 1.82) is 0 Å². The predicted octanol–water partition coefficient (Wildman–Crippen LogP) is 5.10. The van der Waals surface area contributed by atoms with Crippen LogP contribution in [0.3, 0.4) is 0 Å². The van der Waals surface area contributed by atoms with E-state index in [1.165, 1.54) is 0 Å². The molecule has 1 N–H and O–H groups in total. The zero-order chi connectivity index (χ0) is 14.5. The monoisotopic (exact) mass is 328 g/mol. The molecule has 0 heterocycles. The van der Waals surface area contributed by atoms with E-state index < -0.39 is 0 Å². The molecule has 0 aliphatic rings. The number of anilines is 1. The van der Waals surface area contributed by atoms with Gasteiger partial charge in [-0.25, -0.2) is 0 Å². The summed E-state index contributed by atoms with van der Waals surface area (Å²) in [6, 6.07) is 10.7. The number of halogens is 3. The lowest BCUT2D eigenvalue weighted by atomic mass is 10.2. The molecule has 104 valence electrons. The Morgan fingerprint density at radius 3 is 2.40 bits per heavy atom. The fourth-order valence-corrected chi connectivity index (χ4v) is 2.49. The smallest absolute Gasteiger partial charge is 0.127 e. The van der Waals surface area contributed by atoms with Gasteiger partial charge in [0.1, 0.15) is 5.75 Å². The van der Waals surface area contributed by atoms with Crippen LogP contribution in [0.1, 0.15) is 5.56 Å². The van der Waals surface area contributed by atoms with E-state index in [1.54, 1.807) is 25.5 Å². The van der Waals surface area contributed by atoms with Gasteiger partial charge in [0.15, 0.2) is 0 Å². The van der Waals surface area contributed by atoms with Gasteiger partial charge in [-0.1, -0.05) is 46.9 Å². The summed E-state index contributed by atoms with van der Waals surface area (Å²) in [4.78, 5) is 0. The number of hydrazone groups is 1. The van der Waals surface area contributed by atoms with Crippen LogP contribution < -0.4 is 10.2 Å². The van der Waals surface area contributed by atoms with Crippen LogP contribution in [-0.4, -0.2) is 13.3 Å². The molecule has 0 aromatic heterocycles.